The molecule has 110 valence electrons. The third-order valence-electron chi connectivity index (χ3n) is 4.17. The van der Waals surface area contributed by atoms with Crippen LogP contribution >= 0.6 is 11.6 Å². The highest BCUT2D eigenvalue weighted by atomic mass is 35.5. The molecule has 2 heteroatoms. The van der Waals surface area contributed by atoms with Gasteiger partial charge in [0.1, 0.15) is 0 Å². The SMILES string of the molecule is Clc1cccc(CCC(CNC2CC2)c2ccccc2)c1. The third-order valence-corrected chi connectivity index (χ3v) is 4.41. The van der Waals surface area contributed by atoms with Gasteiger partial charge in [-0.05, 0) is 54.9 Å². The van der Waals surface area contributed by atoms with Crippen molar-refractivity contribution in [2.75, 3.05) is 6.54 Å². The summed E-state index contributed by atoms with van der Waals surface area (Å²) in [5, 5.41) is 4.51. The predicted molar refractivity (Wildman–Crippen MR) is 90.0 cm³/mol. The molecule has 0 saturated heterocycles. The Hall–Kier alpha value is -1.31. The Bertz CT molecular complexity index is 563. The molecule has 0 aromatic heterocycles. The van der Waals surface area contributed by atoms with E-state index in [4.69, 9.17) is 11.6 Å². The number of nitrogens with one attached hydrogen (secondary N) is 1. The number of hydrogen-bond acceptors (Lipinski definition) is 1. The number of aryl methyl sites for hydroxylation is 1. The van der Waals surface area contributed by atoms with E-state index in [2.05, 4.69) is 47.8 Å². The van der Waals surface area contributed by atoms with E-state index in [-0.39, 0.29) is 0 Å². The number of hydrogen-bond donors (Lipinski definition) is 1. The predicted octanol–water partition coefficient (Wildman–Crippen LogP) is 4.81. The van der Waals surface area contributed by atoms with Crippen molar-refractivity contribution in [3.05, 3.63) is 70.7 Å². The number of benzene rings is 2. The van der Waals surface area contributed by atoms with Crippen LogP contribution < -0.4 is 5.32 Å². The minimum Gasteiger partial charge on any atom is -0.313 e. The monoisotopic (exact) mass is 299 g/mol. The third kappa shape index (κ3) is 4.59. The zero-order valence-electron chi connectivity index (χ0n) is 12.3. The average Bonchev–Trinajstić information content (AvgIpc) is 3.32. The average molecular weight is 300 g/mol. The van der Waals surface area contributed by atoms with Crippen LogP contribution in [0.25, 0.3) is 0 Å². The van der Waals surface area contributed by atoms with Gasteiger partial charge in [-0.15, -0.1) is 0 Å². The summed E-state index contributed by atoms with van der Waals surface area (Å²) in [6.07, 6.45) is 4.92. The van der Waals surface area contributed by atoms with Crippen molar-refractivity contribution in [1.29, 1.82) is 0 Å². The van der Waals surface area contributed by atoms with Crippen molar-refractivity contribution in [3.63, 3.8) is 0 Å². The fourth-order valence-corrected chi connectivity index (χ4v) is 2.95. The first-order valence-electron chi connectivity index (χ1n) is 7.84. The zero-order chi connectivity index (χ0) is 14.5. The van der Waals surface area contributed by atoms with E-state index in [0.29, 0.717) is 5.92 Å². The van der Waals surface area contributed by atoms with Crippen LogP contribution in [0.15, 0.2) is 54.6 Å². The van der Waals surface area contributed by atoms with E-state index in [9.17, 15) is 0 Å². The maximum absolute atomic E-state index is 6.08. The van der Waals surface area contributed by atoms with E-state index in [1.165, 1.54) is 24.0 Å². The first kappa shape index (κ1) is 14.6. The molecule has 2 aromatic carbocycles. The standard InChI is InChI=1S/C19H22ClN/c20-18-8-4-5-15(13-18)9-10-17(14-21-19-11-12-19)16-6-2-1-3-7-16/h1-8,13,17,19,21H,9-12,14H2. The van der Waals surface area contributed by atoms with Gasteiger partial charge < -0.3 is 5.32 Å². The Morgan fingerprint density at radius 2 is 1.86 bits per heavy atom. The molecule has 0 bridgehead atoms. The molecule has 0 spiro atoms. The second-order valence-corrected chi connectivity index (χ2v) is 6.40. The van der Waals surface area contributed by atoms with Gasteiger partial charge in [-0.2, -0.15) is 0 Å². The Labute approximate surface area is 132 Å². The molecule has 1 unspecified atom stereocenters. The van der Waals surface area contributed by atoms with Crippen LogP contribution in [0.5, 0.6) is 0 Å². The Morgan fingerprint density at radius 3 is 2.57 bits per heavy atom. The van der Waals surface area contributed by atoms with Crippen molar-refractivity contribution in [1.82, 2.24) is 5.32 Å². The van der Waals surface area contributed by atoms with Crippen LogP contribution in [0, 0.1) is 0 Å². The molecule has 0 radical (unpaired) electrons. The van der Waals surface area contributed by atoms with Gasteiger partial charge in [-0.1, -0.05) is 54.1 Å². The van der Waals surface area contributed by atoms with Crippen molar-refractivity contribution in [3.8, 4) is 0 Å². The maximum atomic E-state index is 6.08. The zero-order valence-corrected chi connectivity index (χ0v) is 13.0. The fourth-order valence-electron chi connectivity index (χ4n) is 2.74. The molecule has 1 nitrogen and oxygen atoms in total. The van der Waals surface area contributed by atoms with Gasteiger partial charge in [0, 0.05) is 17.6 Å². The molecule has 0 amide bonds. The van der Waals surface area contributed by atoms with Gasteiger partial charge >= 0.3 is 0 Å². The van der Waals surface area contributed by atoms with Crippen molar-refractivity contribution >= 4 is 11.6 Å². The van der Waals surface area contributed by atoms with Crippen LogP contribution in [-0.4, -0.2) is 12.6 Å². The summed E-state index contributed by atoms with van der Waals surface area (Å²) in [5.41, 5.74) is 2.77. The molecule has 21 heavy (non-hydrogen) atoms. The Morgan fingerprint density at radius 1 is 1.05 bits per heavy atom. The largest absolute Gasteiger partial charge is 0.313 e. The van der Waals surface area contributed by atoms with Crippen LogP contribution in [-0.2, 0) is 6.42 Å². The second-order valence-electron chi connectivity index (χ2n) is 5.96. The fraction of sp³-hybridized carbons (Fsp3) is 0.368. The van der Waals surface area contributed by atoms with E-state index >= 15 is 0 Å². The van der Waals surface area contributed by atoms with Crippen LogP contribution in [0.4, 0.5) is 0 Å². The maximum Gasteiger partial charge on any atom is 0.0408 e. The minimum absolute atomic E-state index is 0.575. The molecule has 3 rings (SSSR count). The molecule has 0 aliphatic heterocycles. The summed E-state index contributed by atoms with van der Waals surface area (Å²) in [5.74, 6) is 0.575. The quantitative estimate of drug-likeness (QED) is 0.774. The highest BCUT2D eigenvalue weighted by Crippen LogP contribution is 2.25. The molecule has 1 saturated carbocycles. The summed E-state index contributed by atoms with van der Waals surface area (Å²) in [6.45, 7) is 1.08. The molecule has 1 N–H and O–H groups in total. The Kier molecular flexibility index (Phi) is 4.95. The molecule has 2 aromatic rings. The second kappa shape index (κ2) is 7.11. The molecule has 0 heterocycles. The van der Waals surface area contributed by atoms with E-state index in [1.54, 1.807) is 0 Å². The lowest BCUT2D eigenvalue weighted by molar-refractivity contribution is 0.548. The van der Waals surface area contributed by atoms with E-state index < -0.39 is 0 Å². The molecule has 1 fully saturated rings. The van der Waals surface area contributed by atoms with Crippen LogP contribution in [0.3, 0.4) is 0 Å². The lowest BCUT2D eigenvalue weighted by Crippen LogP contribution is -2.24. The van der Waals surface area contributed by atoms with Gasteiger partial charge in [-0.25, -0.2) is 0 Å². The summed E-state index contributed by atoms with van der Waals surface area (Å²) in [4.78, 5) is 0. The number of rotatable bonds is 7. The first-order chi connectivity index (χ1) is 10.3. The van der Waals surface area contributed by atoms with Crippen LogP contribution in [0.2, 0.25) is 5.02 Å². The summed E-state index contributed by atoms with van der Waals surface area (Å²) in [7, 11) is 0. The Balaban J connectivity index is 1.63. The van der Waals surface area contributed by atoms with Crippen molar-refractivity contribution in [2.24, 2.45) is 0 Å². The van der Waals surface area contributed by atoms with E-state index in [1.807, 2.05) is 12.1 Å². The molecular formula is C19H22ClN. The number of halogens is 1. The van der Waals surface area contributed by atoms with Gasteiger partial charge in [0.05, 0.1) is 0 Å². The van der Waals surface area contributed by atoms with Gasteiger partial charge in [0.15, 0.2) is 0 Å². The topological polar surface area (TPSA) is 12.0 Å². The highest BCUT2D eigenvalue weighted by Gasteiger charge is 2.22. The summed E-state index contributed by atoms with van der Waals surface area (Å²) in [6, 6.07) is 19.9. The molecular weight excluding hydrogens is 278 g/mol. The van der Waals surface area contributed by atoms with Crippen molar-refractivity contribution < 1.29 is 0 Å². The normalized spacial score (nSPS) is 15.9. The smallest absolute Gasteiger partial charge is 0.0408 e. The summed E-state index contributed by atoms with van der Waals surface area (Å²) >= 11 is 6.08. The minimum atomic E-state index is 0.575. The lowest BCUT2D eigenvalue weighted by atomic mass is 9.92. The first-order valence-corrected chi connectivity index (χ1v) is 8.22. The highest BCUT2D eigenvalue weighted by molar-refractivity contribution is 6.30. The molecule has 1 aliphatic rings. The van der Waals surface area contributed by atoms with Gasteiger partial charge in [0.25, 0.3) is 0 Å². The lowest BCUT2D eigenvalue weighted by Gasteiger charge is -2.18. The van der Waals surface area contributed by atoms with Crippen LogP contribution in [0.1, 0.15) is 36.3 Å². The van der Waals surface area contributed by atoms with E-state index in [0.717, 1.165) is 30.5 Å². The van der Waals surface area contributed by atoms with Gasteiger partial charge in [-0.3, -0.25) is 0 Å². The summed E-state index contributed by atoms with van der Waals surface area (Å²) < 4.78 is 0. The molecule has 1 aliphatic carbocycles. The molecule has 1 atom stereocenters. The van der Waals surface area contributed by atoms with Crippen molar-refractivity contribution in [2.45, 2.75) is 37.6 Å². The van der Waals surface area contributed by atoms with Gasteiger partial charge in [0.2, 0.25) is 0 Å².